The molecule has 0 radical (unpaired) electrons. The van der Waals surface area contributed by atoms with Crippen molar-refractivity contribution in [2.45, 2.75) is 6.92 Å². The minimum absolute atomic E-state index is 0.239. The van der Waals surface area contributed by atoms with Crippen LogP contribution in [0.3, 0.4) is 0 Å². The summed E-state index contributed by atoms with van der Waals surface area (Å²) in [6, 6.07) is 6.59. The first kappa shape index (κ1) is 12.9. The average molecular weight is 227 g/mol. The highest BCUT2D eigenvalue weighted by molar-refractivity contribution is 5.44. The van der Waals surface area contributed by atoms with Crippen LogP contribution in [0.25, 0.3) is 0 Å². The average Bonchev–Trinajstić information content (AvgIpc) is 2.30. The lowest BCUT2D eigenvalue weighted by atomic mass is 10.3. The van der Waals surface area contributed by atoms with Crippen LogP contribution in [-0.4, -0.2) is 33.0 Å². The van der Waals surface area contributed by atoms with E-state index < -0.39 is 0 Å². The molecule has 90 valence electrons. The van der Waals surface area contributed by atoms with E-state index in [0.717, 1.165) is 0 Å². The monoisotopic (exact) mass is 227 g/mol. The predicted molar refractivity (Wildman–Crippen MR) is 62.2 cm³/mol. The van der Waals surface area contributed by atoms with Gasteiger partial charge in [-0.2, -0.15) is 0 Å². The largest absolute Gasteiger partial charge is 0.380 e. The molecule has 4 heteroatoms. The standard InChI is InChI=1S/C12H18FNO2/c1-2-15-9-10-16-8-7-14-12-6-4-3-5-11(12)13/h3-6,14H,2,7-10H2,1H3. The van der Waals surface area contributed by atoms with Crippen LogP contribution in [0.4, 0.5) is 10.1 Å². The number of hydrogen-bond donors (Lipinski definition) is 1. The van der Waals surface area contributed by atoms with Gasteiger partial charge < -0.3 is 14.8 Å². The molecule has 0 aliphatic carbocycles. The van der Waals surface area contributed by atoms with Gasteiger partial charge in [0, 0.05) is 13.2 Å². The summed E-state index contributed by atoms with van der Waals surface area (Å²) in [6.45, 7) is 4.97. The maximum atomic E-state index is 13.1. The number of rotatable bonds is 8. The fourth-order valence-electron chi connectivity index (χ4n) is 1.23. The Hall–Kier alpha value is -1.13. The minimum atomic E-state index is -0.239. The third-order valence-corrected chi connectivity index (χ3v) is 2.01. The maximum absolute atomic E-state index is 13.1. The van der Waals surface area contributed by atoms with E-state index in [0.29, 0.717) is 38.7 Å². The van der Waals surface area contributed by atoms with Crippen LogP contribution in [0, 0.1) is 5.82 Å². The van der Waals surface area contributed by atoms with Crippen molar-refractivity contribution in [2.75, 3.05) is 38.3 Å². The van der Waals surface area contributed by atoms with Gasteiger partial charge in [-0.05, 0) is 19.1 Å². The van der Waals surface area contributed by atoms with E-state index in [9.17, 15) is 4.39 Å². The topological polar surface area (TPSA) is 30.5 Å². The van der Waals surface area contributed by atoms with Crippen molar-refractivity contribution in [3.05, 3.63) is 30.1 Å². The molecule has 0 aliphatic rings. The van der Waals surface area contributed by atoms with Gasteiger partial charge in [-0.3, -0.25) is 0 Å². The molecule has 3 nitrogen and oxygen atoms in total. The Labute approximate surface area is 95.6 Å². The molecule has 1 aromatic carbocycles. The highest BCUT2D eigenvalue weighted by Gasteiger charge is 1.98. The zero-order valence-corrected chi connectivity index (χ0v) is 9.54. The first-order valence-corrected chi connectivity index (χ1v) is 5.48. The third kappa shape index (κ3) is 5.09. The second kappa shape index (κ2) is 8.07. The highest BCUT2D eigenvalue weighted by atomic mass is 19.1. The van der Waals surface area contributed by atoms with E-state index in [1.165, 1.54) is 6.07 Å². The van der Waals surface area contributed by atoms with Crippen LogP contribution >= 0.6 is 0 Å². The Morgan fingerprint density at radius 2 is 1.88 bits per heavy atom. The van der Waals surface area contributed by atoms with Crippen molar-refractivity contribution in [2.24, 2.45) is 0 Å². The Morgan fingerprint density at radius 3 is 2.62 bits per heavy atom. The summed E-state index contributed by atoms with van der Waals surface area (Å²) < 4.78 is 23.5. The van der Waals surface area contributed by atoms with E-state index >= 15 is 0 Å². The summed E-state index contributed by atoms with van der Waals surface area (Å²) >= 11 is 0. The van der Waals surface area contributed by atoms with Crippen molar-refractivity contribution in [3.8, 4) is 0 Å². The maximum Gasteiger partial charge on any atom is 0.146 e. The molecule has 1 aromatic rings. The van der Waals surface area contributed by atoms with Gasteiger partial charge in [0.2, 0.25) is 0 Å². The van der Waals surface area contributed by atoms with Crippen molar-refractivity contribution < 1.29 is 13.9 Å². The lowest BCUT2D eigenvalue weighted by Gasteiger charge is -2.08. The number of para-hydroxylation sites is 1. The molecule has 0 heterocycles. The fourth-order valence-corrected chi connectivity index (χ4v) is 1.23. The quantitative estimate of drug-likeness (QED) is 0.691. The second-order valence-electron chi connectivity index (χ2n) is 3.22. The molecule has 1 rings (SSSR count). The molecule has 0 fully saturated rings. The first-order chi connectivity index (χ1) is 7.84. The van der Waals surface area contributed by atoms with Crippen molar-refractivity contribution in [1.29, 1.82) is 0 Å². The van der Waals surface area contributed by atoms with Crippen molar-refractivity contribution >= 4 is 5.69 Å². The van der Waals surface area contributed by atoms with Gasteiger partial charge in [0.25, 0.3) is 0 Å². The molecule has 0 amide bonds. The number of halogens is 1. The molecular formula is C12H18FNO2. The van der Waals surface area contributed by atoms with Gasteiger partial charge in [-0.25, -0.2) is 4.39 Å². The minimum Gasteiger partial charge on any atom is -0.380 e. The van der Waals surface area contributed by atoms with Crippen LogP contribution in [-0.2, 0) is 9.47 Å². The molecule has 0 bridgehead atoms. The summed E-state index contributed by atoms with van der Waals surface area (Å²) in [5.41, 5.74) is 0.510. The third-order valence-electron chi connectivity index (χ3n) is 2.01. The van der Waals surface area contributed by atoms with E-state index in [1.54, 1.807) is 18.2 Å². The number of nitrogens with one attached hydrogen (secondary N) is 1. The fraction of sp³-hybridized carbons (Fsp3) is 0.500. The molecule has 0 atom stereocenters. The zero-order chi connectivity index (χ0) is 11.6. The lowest BCUT2D eigenvalue weighted by Crippen LogP contribution is -2.13. The van der Waals surface area contributed by atoms with Crippen LogP contribution in [0.1, 0.15) is 6.92 Å². The Bertz CT molecular complexity index is 294. The molecule has 0 aromatic heterocycles. The van der Waals surface area contributed by atoms with E-state index in [4.69, 9.17) is 9.47 Å². The number of anilines is 1. The molecule has 16 heavy (non-hydrogen) atoms. The number of benzene rings is 1. The Morgan fingerprint density at radius 1 is 1.12 bits per heavy atom. The molecule has 0 aliphatic heterocycles. The smallest absolute Gasteiger partial charge is 0.146 e. The summed E-state index contributed by atoms with van der Waals surface area (Å²) in [5.74, 6) is -0.239. The summed E-state index contributed by atoms with van der Waals surface area (Å²) in [6.07, 6.45) is 0. The van der Waals surface area contributed by atoms with E-state index in [-0.39, 0.29) is 5.82 Å². The molecule has 0 saturated heterocycles. The zero-order valence-electron chi connectivity index (χ0n) is 9.54. The van der Waals surface area contributed by atoms with Gasteiger partial charge in [0.05, 0.1) is 25.5 Å². The lowest BCUT2D eigenvalue weighted by molar-refractivity contribution is 0.0570. The SMILES string of the molecule is CCOCCOCCNc1ccccc1F. The summed E-state index contributed by atoms with van der Waals surface area (Å²) in [5, 5.41) is 2.96. The van der Waals surface area contributed by atoms with Gasteiger partial charge in [-0.15, -0.1) is 0 Å². The Balaban J connectivity index is 2.05. The van der Waals surface area contributed by atoms with Crippen molar-refractivity contribution in [3.63, 3.8) is 0 Å². The second-order valence-corrected chi connectivity index (χ2v) is 3.22. The van der Waals surface area contributed by atoms with Gasteiger partial charge in [0.15, 0.2) is 0 Å². The van der Waals surface area contributed by atoms with Gasteiger partial charge >= 0.3 is 0 Å². The summed E-state index contributed by atoms with van der Waals surface area (Å²) in [4.78, 5) is 0. The number of hydrogen-bond acceptors (Lipinski definition) is 3. The van der Waals surface area contributed by atoms with Gasteiger partial charge in [0.1, 0.15) is 5.82 Å². The van der Waals surface area contributed by atoms with Gasteiger partial charge in [-0.1, -0.05) is 12.1 Å². The molecule has 0 spiro atoms. The molecule has 0 unspecified atom stereocenters. The predicted octanol–water partition coefficient (Wildman–Crippen LogP) is 2.29. The van der Waals surface area contributed by atoms with E-state index in [1.807, 2.05) is 6.92 Å². The van der Waals surface area contributed by atoms with E-state index in [2.05, 4.69) is 5.32 Å². The first-order valence-electron chi connectivity index (χ1n) is 5.48. The van der Waals surface area contributed by atoms with Crippen molar-refractivity contribution in [1.82, 2.24) is 0 Å². The van der Waals surface area contributed by atoms with Crippen LogP contribution in [0.15, 0.2) is 24.3 Å². The van der Waals surface area contributed by atoms with Crippen LogP contribution in [0.5, 0.6) is 0 Å². The Kier molecular flexibility index (Phi) is 6.53. The highest BCUT2D eigenvalue weighted by Crippen LogP contribution is 2.11. The van der Waals surface area contributed by atoms with Crippen LogP contribution < -0.4 is 5.32 Å². The molecule has 1 N–H and O–H groups in total. The number of ether oxygens (including phenoxy) is 2. The molecular weight excluding hydrogens is 209 g/mol. The van der Waals surface area contributed by atoms with Crippen LogP contribution in [0.2, 0.25) is 0 Å². The molecule has 0 saturated carbocycles. The summed E-state index contributed by atoms with van der Waals surface area (Å²) in [7, 11) is 0. The normalized spacial score (nSPS) is 10.4.